The van der Waals surface area contributed by atoms with Gasteiger partial charge in [-0.15, -0.1) is 0 Å². The smallest absolute Gasteiger partial charge is 0.234 e. The third kappa shape index (κ3) is 2.37. The molecule has 0 aliphatic carbocycles. The normalized spacial score (nSPS) is 10.9. The van der Waals surface area contributed by atoms with Gasteiger partial charge in [0.2, 0.25) is 11.2 Å². The Labute approximate surface area is 142 Å². The molecule has 0 N–H and O–H groups in total. The van der Waals surface area contributed by atoms with Gasteiger partial charge in [0.1, 0.15) is 18.3 Å². The van der Waals surface area contributed by atoms with Crippen molar-refractivity contribution in [2.24, 2.45) is 7.05 Å². The fourth-order valence-corrected chi connectivity index (χ4v) is 3.24. The molecule has 1 heterocycles. The highest BCUT2D eigenvalue weighted by atomic mass is 15.0. The first-order valence-corrected chi connectivity index (χ1v) is 8.16. The first kappa shape index (κ1) is 14.6. The average Bonchev–Trinajstić information content (AvgIpc) is 2.63. The second-order valence-corrected chi connectivity index (χ2v) is 6.04. The first-order chi connectivity index (χ1) is 11.8. The van der Waals surface area contributed by atoms with Crippen LogP contribution in [0.1, 0.15) is 5.56 Å². The lowest BCUT2D eigenvalue weighted by Crippen LogP contribution is -2.33. The largest absolute Gasteiger partial charge is 0.239 e. The van der Waals surface area contributed by atoms with Crippen LogP contribution in [-0.2, 0) is 7.05 Å². The number of hydrogen-bond acceptors (Lipinski definition) is 1. The molecule has 116 valence electrons. The van der Waals surface area contributed by atoms with Gasteiger partial charge < -0.3 is 0 Å². The fraction of sp³-hybridized carbons (Fsp3) is 0.0909. The Morgan fingerprint density at radius 2 is 1.42 bits per heavy atom. The highest BCUT2D eigenvalue weighted by Gasteiger charge is 2.23. The molecular formula is C22H19N2+. The number of benzene rings is 3. The van der Waals surface area contributed by atoms with Crippen molar-refractivity contribution in [3.05, 3.63) is 84.4 Å². The van der Waals surface area contributed by atoms with Crippen LogP contribution < -0.4 is 4.57 Å². The molecule has 0 aliphatic heterocycles. The summed E-state index contributed by atoms with van der Waals surface area (Å²) in [6, 6.07) is 27.2. The summed E-state index contributed by atoms with van der Waals surface area (Å²) >= 11 is 0. The van der Waals surface area contributed by atoms with Crippen molar-refractivity contribution in [3.8, 4) is 22.5 Å². The number of nitrogens with zero attached hydrogens (tertiary/aromatic N) is 2. The molecular weight excluding hydrogens is 292 g/mol. The summed E-state index contributed by atoms with van der Waals surface area (Å²) in [6.07, 6.45) is 0. The van der Waals surface area contributed by atoms with E-state index in [0.29, 0.717) is 0 Å². The van der Waals surface area contributed by atoms with Gasteiger partial charge in [-0.2, -0.15) is 4.57 Å². The van der Waals surface area contributed by atoms with Crippen LogP contribution in [-0.4, -0.2) is 4.98 Å². The molecule has 0 spiro atoms. The van der Waals surface area contributed by atoms with Crippen molar-refractivity contribution in [1.82, 2.24) is 4.98 Å². The molecule has 2 nitrogen and oxygen atoms in total. The quantitative estimate of drug-likeness (QED) is 0.490. The minimum Gasteiger partial charge on any atom is -0.234 e. The second-order valence-electron chi connectivity index (χ2n) is 6.04. The molecule has 0 atom stereocenters. The molecule has 0 fully saturated rings. The molecule has 4 aromatic rings. The zero-order valence-corrected chi connectivity index (χ0v) is 13.9. The summed E-state index contributed by atoms with van der Waals surface area (Å²) in [5.74, 6) is 0. The van der Waals surface area contributed by atoms with E-state index in [2.05, 4.69) is 85.3 Å². The Morgan fingerprint density at radius 3 is 2.21 bits per heavy atom. The van der Waals surface area contributed by atoms with Crippen LogP contribution in [0.5, 0.6) is 0 Å². The van der Waals surface area contributed by atoms with E-state index in [-0.39, 0.29) is 0 Å². The zero-order valence-electron chi connectivity index (χ0n) is 13.9. The van der Waals surface area contributed by atoms with Crippen molar-refractivity contribution >= 4 is 11.0 Å². The lowest BCUT2D eigenvalue weighted by molar-refractivity contribution is -0.633. The summed E-state index contributed by atoms with van der Waals surface area (Å²) in [5, 5.41) is 0. The lowest BCUT2D eigenvalue weighted by atomic mass is 9.99. The Bertz CT molecular complexity index is 1020. The van der Waals surface area contributed by atoms with Crippen molar-refractivity contribution in [3.63, 3.8) is 0 Å². The van der Waals surface area contributed by atoms with Gasteiger partial charge in [-0.1, -0.05) is 60.7 Å². The van der Waals surface area contributed by atoms with Gasteiger partial charge in [0.15, 0.2) is 0 Å². The standard InChI is InChI=1S/C22H19N2/c1-16-10-6-7-13-18(16)22-21(17-11-4-3-5-12-17)23-19-14-8-9-15-20(19)24(22)2/h3-15H,1-2H3/q+1. The van der Waals surface area contributed by atoms with Crippen molar-refractivity contribution < 1.29 is 4.57 Å². The predicted molar refractivity (Wildman–Crippen MR) is 98.5 cm³/mol. The Balaban J connectivity index is 2.14. The molecule has 0 unspecified atom stereocenters. The van der Waals surface area contributed by atoms with Gasteiger partial charge in [-0.3, -0.25) is 0 Å². The molecule has 0 saturated carbocycles. The molecule has 24 heavy (non-hydrogen) atoms. The number of aryl methyl sites for hydroxylation is 2. The second kappa shape index (κ2) is 5.89. The molecule has 0 amide bonds. The van der Waals surface area contributed by atoms with Gasteiger partial charge in [0.25, 0.3) is 0 Å². The van der Waals surface area contributed by atoms with Crippen LogP contribution in [0.15, 0.2) is 78.9 Å². The van der Waals surface area contributed by atoms with E-state index in [9.17, 15) is 0 Å². The van der Waals surface area contributed by atoms with Crippen molar-refractivity contribution in [2.75, 3.05) is 0 Å². The summed E-state index contributed by atoms with van der Waals surface area (Å²) < 4.78 is 2.26. The molecule has 2 heteroatoms. The van der Waals surface area contributed by atoms with Crippen LogP contribution >= 0.6 is 0 Å². The average molecular weight is 311 g/mol. The first-order valence-electron chi connectivity index (χ1n) is 8.16. The van der Waals surface area contributed by atoms with Gasteiger partial charge in [-0.05, 0) is 24.6 Å². The van der Waals surface area contributed by atoms with Crippen LogP contribution in [0.2, 0.25) is 0 Å². The minimum absolute atomic E-state index is 1.01. The van der Waals surface area contributed by atoms with Gasteiger partial charge >= 0.3 is 0 Å². The number of para-hydroxylation sites is 2. The SMILES string of the molecule is Cc1ccccc1-c1c(-c2ccccc2)nc2ccccc2[n+]1C. The predicted octanol–water partition coefficient (Wildman–Crippen LogP) is 4.70. The van der Waals surface area contributed by atoms with Gasteiger partial charge in [0, 0.05) is 11.6 Å². The Kier molecular flexibility index (Phi) is 3.58. The number of aromatic nitrogens is 2. The highest BCUT2D eigenvalue weighted by molar-refractivity contribution is 5.83. The van der Waals surface area contributed by atoms with E-state index in [1.165, 1.54) is 11.1 Å². The van der Waals surface area contributed by atoms with Crippen LogP contribution in [0.25, 0.3) is 33.5 Å². The summed E-state index contributed by atoms with van der Waals surface area (Å²) in [7, 11) is 2.12. The maximum absolute atomic E-state index is 5.00. The maximum Gasteiger partial charge on any atom is 0.239 e. The van der Waals surface area contributed by atoms with Crippen LogP contribution in [0, 0.1) is 6.92 Å². The summed E-state index contributed by atoms with van der Waals surface area (Å²) in [6.45, 7) is 2.15. The molecule has 4 rings (SSSR count). The number of hydrogen-bond donors (Lipinski definition) is 0. The minimum atomic E-state index is 1.01. The highest BCUT2D eigenvalue weighted by Crippen LogP contribution is 2.31. The zero-order chi connectivity index (χ0) is 16.5. The number of rotatable bonds is 2. The van der Waals surface area contributed by atoms with E-state index in [1.54, 1.807) is 0 Å². The molecule has 0 radical (unpaired) electrons. The molecule has 0 saturated heterocycles. The lowest BCUT2D eigenvalue weighted by Gasteiger charge is -2.11. The summed E-state index contributed by atoms with van der Waals surface area (Å²) in [5.41, 5.74) is 7.92. The summed E-state index contributed by atoms with van der Waals surface area (Å²) in [4.78, 5) is 5.00. The van der Waals surface area contributed by atoms with E-state index >= 15 is 0 Å². The van der Waals surface area contributed by atoms with Crippen molar-refractivity contribution in [1.29, 1.82) is 0 Å². The van der Waals surface area contributed by atoms with Crippen LogP contribution in [0.4, 0.5) is 0 Å². The third-order valence-corrected chi connectivity index (χ3v) is 4.48. The van der Waals surface area contributed by atoms with Crippen molar-refractivity contribution in [2.45, 2.75) is 6.92 Å². The van der Waals surface area contributed by atoms with Crippen LogP contribution in [0.3, 0.4) is 0 Å². The fourth-order valence-electron chi connectivity index (χ4n) is 3.24. The molecule has 3 aromatic carbocycles. The van der Waals surface area contributed by atoms with E-state index in [1.807, 2.05) is 12.1 Å². The van der Waals surface area contributed by atoms with E-state index in [4.69, 9.17) is 4.98 Å². The third-order valence-electron chi connectivity index (χ3n) is 4.48. The van der Waals surface area contributed by atoms with E-state index in [0.717, 1.165) is 28.0 Å². The maximum atomic E-state index is 5.00. The van der Waals surface area contributed by atoms with Gasteiger partial charge in [0.05, 0.1) is 5.56 Å². The monoisotopic (exact) mass is 311 g/mol. The Hall–Kier alpha value is -3.00. The molecule has 1 aromatic heterocycles. The number of fused-ring (bicyclic) bond motifs is 1. The Morgan fingerprint density at radius 1 is 0.750 bits per heavy atom. The van der Waals surface area contributed by atoms with E-state index < -0.39 is 0 Å². The topological polar surface area (TPSA) is 16.8 Å². The van der Waals surface area contributed by atoms with Gasteiger partial charge in [-0.25, -0.2) is 4.98 Å². The molecule has 0 bridgehead atoms. The molecule has 0 aliphatic rings.